The number of hydrogen-bond donors (Lipinski definition) is 1. The minimum atomic E-state index is -0.766. The van der Waals surface area contributed by atoms with Gasteiger partial charge in [-0.05, 0) is 44.0 Å². The van der Waals surface area contributed by atoms with Crippen molar-refractivity contribution in [3.05, 3.63) is 30.1 Å². The molecule has 0 atom stereocenters. The summed E-state index contributed by atoms with van der Waals surface area (Å²) in [6.07, 6.45) is 1.16. The highest BCUT2D eigenvalue weighted by Gasteiger charge is 2.36. The number of carboxylic acids is 1. The van der Waals surface area contributed by atoms with Gasteiger partial charge in [0.25, 0.3) is 0 Å². The Bertz CT molecular complexity index is 413. The molecule has 0 amide bonds. The van der Waals surface area contributed by atoms with Crippen LogP contribution in [0.1, 0.15) is 33.6 Å². The first kappa shape index (κ1) is 15.5. The van der Waals surface area contributed by atoms with Gasteiger partial charge in [0, 0.05) is 18.8 Å². The number of carbonyl (C=O) groups is 1. The van der Waals surface area contributed by atoms with E-state index in [0.29, 0.717) is 25.9 Å². The lowest BCUT2D eigenvalue weighted by atomic mass is 9.81. The van der Waals surface area contributed by atoms with Crippen LogP contribution in [0.3, 0.4) is 0 Å². The maximum atomic E-state index is 12.9. The Balaban J connectivity index is 2.97. The second-order valence-corrected chi connectivity index (χ2v) is 4.78. The monoisotopic (exact) mass is 267 g/mol. The fourth-order valence-corrected chi connectivity index (χ4v) is 2.25. The molecule has 1 aromatic rings. The summed E-state index contributed by atoms with van der Waals surface area (Å²) in [6.45, 7) is 6.91. The highest BCUT2D eigenvalue weighted by Crippen LogP contribution is 2.30. The van der Waals surface area contributed by atoms with Gasteiger partial charge in [0.2, 0.25) is 0 Å². The predicted octanol–water partition coefficient (Wildman–Crippen LogP) is 3.54. The van der Waals surface area contributed by atoms with E-state index >= 15 is 0 Å². The third-order valence-corrected chi connectivity index (χ3v) is 3.87. The minimum absolute atomic E-state index is 0.282. The Morgan fingerprint density at radius 1 is 1.21 bits per heavy atom. The van der Waals surface area contributed by atoms with Crippen LogP contribution in [0.2, 0.25) is 0 Å². The van der Waals surface area contributed by atoms with Crippen molar-refractivity contribution in [2.24, 2.45) is 5.41 Å². The van der Waals surface area contributed by atoms with E-state index in [-0.39, 0.29) is 5.82 Å². The Kier molecular flexibility index (Phi) is 5.33. The number of rotatable bonds is 7. The molecule has 0 aliphatic carbocycles. The zero-order valence-electron chi connectivity index (χ0n) is 11.8. The minimum Gasteiger partial charge on any atom is -0.481 e. The van der Waals surface area contributed by atoms with Crippen molar-refractivity contribution in [2.45, 2.75) is 33.6 Å². The lowest BCUT2D eigenvalue weighted by Crippen LogP contribution is -2.42. The topological polar surface area (TPSA) is 40.5 Å². The molecule has 0 unspecified atom stereocenters. The summed E-state index contributed by atoms with van der Waals surface area (Å²) < 4.78 is 12.9. The Morgan fingerprint density at radius 3 is 2.11 bits per heavy atom. The van der Waals surface area contributed by atoms with Gasteiger partial charge in [-0.15, -0.1) is 0 Å². The van der Waals surface area contributed by atoms with Gasteiger partial charge in [0.05, 0.1) is 5.41 Å². The van der Waals surface area contributed by atoms with Crippen molar-refractivity contribution in [1.82, 2.24) is 0 Å². The van der Waals surface area contributed by atoms with Gasteiger partial charge in [0.1, 0.15) is 5.82 Å². The van der Waals surface area contributed by atoms with E-state index in [1.807, 2.05) is 25.7 Å². The quantitative estimate of drug-likeness (QED) is 0.821. The van der Waals surface area contributed by atoms with E-state index in [1.54, 1.807) is 12.1 Å². The Morgan fingerprint density at radius 2 is 1.74 bits per heavy atom. The Hall–Kier alpha value is -1.58. The van der Waals surface area contributed by atoms with Crippen LogP contribution in [0.5, 0.6) is 0 Å². The van der Waals surface area contributed by atoms with Crippen LogP contribution < -0.4 is 4.90 Å². The summed E-state index contributed by atoms with van der Waals surface area (Å²) >= 11 is 0. The summed E-state index contributed by atoms with van der Waals surface area (Å²) in [4.78, 5) is 13.5. The van der Waals surface area contributed by atoms with Gasteiger partial charge < -0.3 is 10.0 Å². The molecule has 19 heavy (non-hydrogen) atoms. The van der Waals surface area contributed by atoms with Gasteiger partial charge in [-0.2, -0.15) is 0 Å². The van der Waals surface area contributed by atoms with Crippen molar-refractivity contribution in [2.75, 3.05) is 18.0 Å². The number of halogens is 1. The van der Waals surface area contributed by atoms with Crippen molar-refractivity contribution in [3.63, 3.8) is 0 Å². The lowest BCUT2D eigenvalue weighted by molar-refractivity contribution is -0.148. The molecule has 1 aromatic carbocycles. The van der Waals surface area contributed by atoms with Gasteiger partial charge in [0.15, 0.2) is 0 Å². The van der Waals surface area contributed by atoms with Crippen molar-refractivity contribution in [3.8, 4) is 0 Å². The first-order valence-corrected chi connectivity index (χ1v) is 6.73. The maximum Gasteiger partial charge on any atom is 0.311 e. The molecule has 0 fully saturated rings. The van der Waals surface area contributed by atoms with Crippen LogP contribution in [0.15, 0.2) is 24.3 Å². The molecule has 0 heterocycles. The highest BCUT2D eigenvalue weighted by atomic mass is 19.1. The standard InChI is InChI=1S/C15H22FNO2/c1-4-15(5-2,14(18)19)11-17(6-3)13-9-7-12(16)8-10-13/h7-10H,4-6,11H2,1-3H3,(H,18,19). The summed E-state index contributed by atoms with van der Waals surface area (Å²) in [5.74, 6) is -1.05. The highest BCUT2D eigenvalue weighted by molar-refractivity contribution is 5.75. The van der Waals surface area contributed by atoms with E-state index < -0.39 is 11.4 Å². The van der Waals surface area contributed by atoms with Crippen LogP contribution in [0.4, 0.5) is 10.1 Å². The van der Waals surface area contributed by atoms with Crippen molar-refractivity contribution < 1.29 is 14.3 Å². The van der Waals surface area contributed by atoms with Crippen LogP contribution in [-0.4, -0.2) is 24.2 Å². The fourth-order valence-electron chi connectivity index (χ4n) is 2.25. The molecule has 0 saturated heterocycles. The van der Waals surface area contributed by atoms with Crippen LogP contribution in [0.25, 0.3) is 0 Å². The number of aliphatic carboxylic acids is 1. The van der Waals surface area contributed by atoms with Gasteiger partial charge in [-0.3, -0.25) is 4.79 Å². The molecule has 1 rings (SSSR count). The molecule has 0 spiro atoms. The predicted molar refractivity (Wildman–Crippen MR) is 74.9 cm³/mol. The molecular weight excluding hydrogens is 245 g/mol. The largest absolute Gasteiger partial charge is 0.481 e. The van der Waals surface area contributed by atoms with Crippen molar-refractivity contribution in [1.29, 1.82) is 0 Å². The first-order valence-electron chi connectivity index (χ1n) is 6.73. The van der Waals surface area contributed by atoms with E-state index in [1.165, 1.54) is 12.1 Å². The lowest BCUT2D eigenvalue weighted by Gasteiger charge is -2.34. The Labute approximate surface area is 114 Å². The normalized spacial score (nSPS) is 11.4. The van der Waals surface area contributed by atoms with Gasteiger partial charge in [-0.25, -0.2) is 4.39 Å². The average molecular weight is 267 g/mol. The molecule has 0 aromatic heterocycles. The van der Waals surface area contributed by atoms with E-state index in [9.17, 15) is 14.3 Å². The third kappa shape index (κ3) is 3.46. The zero-order valence-corrected chi connectivity index (χ0v) is 11.8. The number of anilines is 1. The molecular formula is C15H22FNO2. The van der Waals surface area contributed by atoms with Crippen LogP contribution >= 0.6 is 0 Å². The smallest absolute Gasteiger partial charge is 0.311 e. The molecule has 4 heteroatoms. The molecule has 0 bridgehead atoms. The van der Waals surface area contributed by atoms with Crippen LogP contribution in [0, 0.1) is 11.2 Å². The van der Waals surface area contributed by atoms with Crippen LogP contribution in [-0.2, 0) is 4.79 Å². The van der Waals surface area contributed by atoms with Gasteiger partial charge in [-0.1, -0.05) is 13.8 Å². The van der Waals surface area contributed by atoms with Gasteiger partial charge >= 0.3 is 5.97 Å². The summed E-state index contributed by atoms with van der Waals surface area (Å²) in [5.41, 5.74) is 0.112. The zero-order chi connectivity index (χ0) is 14.5. The molecule has 0 aliphatic heterocycles. The number of hydrogen-bond acceptors (Lipinski definition) is 2. The molecule has 0 saturated carbocycles. The number of nitrogens with zero attached hydrogens (tertiary/aromatic N) is 1. The second-order valence-electron chi connectivity index (χ2n) is 4.78. The maximum absolute atomic E-state index is 12.9. The fraction of sp³-hybridized carbons (Fsp3) is 0.533. The molecule has 0 aliphatic rings. The first-order chi connectivity index (χ1) is 8.99. The van der Waals surface area contributed by atoms with E-state index in [4.69, 9.17) is 0 Å². The van der Waals surface area contributed by atoms with E-state index in [0.717, 1.165) is 5.69 Å². The third-order valence-electron chi connectivity index (χ3n) is 3.87. The SMILES string of the molecule is CCN(CC(CC)(CC)C(=O)O)c1ccc(F)cc1. The summed E-state index contributed by atoms with van der Waals surface area (Å²) in [6, 6.07) is 6.18. The second kappa shape index (κ2) is 6.55. The molecule has 1 N–H and O–H groups in total. The van der Waals surface area contributed by atoms with Crippen molar-refractivity contribution >= 4 is 11.7 Å². The summed E-state index contributed by atoms with van der Waals surface area (Å²) in [5, 5.41) is 9.47. The number of carboxylic acid groups (broad SMARTS) is 1. The number of benzene rings is 1. The summed E-state index contributed by atoms with van der Waals surface area (Å²) in [7, 11) is 0. The van der Waals surface area contributed by atoms with E-state index in [2.05, 4.69) is 0 Å². The molecule has 0 radical (unpaired) electrons. The average Bonchev–Trinajstić information content (AvgIpc) is 2.42. The molecule has 3 nitrogen and oxygen atoms in total. The molecule has 106 valence electrons.